The Morgan fingerprint density at radius 3 is 1.98 bits per heavy atom. The highest BCUT2D eigenvalue weighted by Gasteiger charge is 2.18. The van der Waals surface area contributed by atoms with E-state index in [9.17, 15) is 6.85 Å². The predicted molar refractivity (Wildman–Crippen MR) is 192 cm³/mol. The molecule has 9 aromatic rings. The third kappa shape index (κ3) is 4.93. The lowest BCUT2D eigenvalue weighted by Crippen LogP contribution is -2.00. The quantitative estimate of drug-likeness (QED) is 0.192. The van der Waals surface area contributed by atoms with Crippen molar-refractivity contribution < 1.29 is 30.5 Å². The summed E-state index contributed by atoms with van der Waals surface area (Å²) in [6, 6.07) is 0.177. The predicted octanol–water partition coefficient (Wildman–Crippen LogP) is 11.3. The van der Waals surface area contributed by atoms with Gasteiger partial charge >= 0.3 is 0 Å². The normalized spacial score (nSPS) is 17.1. The van der Waals surface area contributed by atoms with Gasteiger partial charge in [0.05, 0.1) is 26.0 Å². The van der Waals surface area contributed by atoms with Crippen LogP contribution in [0.3, 0.4) is 0 Å². The van der Waals surface area contributed by atoms with Crippen LogP contribution in [0, 0.1) is 0 Å². The molecule has 4 nitrogen and oxygen atoms in total. The van der Waals surface area contributed by atoms with E-state index in [0.717, 1.165) is 16.8 Å². The van der Waals surface area contributed by atoms with Crippen LogP contribution in [-0.2, 0) is 0 Å². The van der Waals surface area contributed by atoms with Gasteiger partial charge in [-0.05, 0) is 57.2 Å². The number of aromatic nitrogens is 3. The summed E-state index contributed by atoms with van der Waals surface area (Å²) in [4.78, 5) is 13.8. The first-order valence-corrected chi connectivity index (χ1v) is 14.1. The summed E-state index contributed by atoms with van der Waals surface area (Å²) in [7, 11) is 0. The van der Waals surface area contributed by atoms with Crippen molar-refractivity contribution in [3.05, 3.63) is 163 Å². The van der Waals surface area contributed by atoms with Gasteiger partial charge in [0, 0.05) is 27.5 Å². The van der Waals surface area contributed by atoms with Gasteiger partial charge in [0.2, 0.25) is 0 Å². The molecule has 47 heavy (non-hydrogen) atoms. The number of rotatable bonds is 5. The zero-order valence-electron chi connectivity index (χ0n) is 42.9. The molecule has 9 rings (SSSR count). The molecule has 0 N–H and O–H groups in total. The van der Waals surface area contributed by atoms with Gasteiger partial charge in [-0.1, -0.05) is 139 Å². The highest BCUT2D eigenvalue weighted by atomic mass is 16.3. The summed E-state index contributed by atoms with van der Waals surface area (Å²) >= 11 is 0. The number of furan rings is 1. The molecular weight excluding hydrogens is 574 g/mol. The van der Waals surface area contributed by atoms with Crippen molar-refractivity contribution in [2.75, 3.05) is 0 Å². The third-order valence-electron chi connectivity index (χ3n) is 7.36. The Balaban J connectivity index is 1.39. The van der Waals surface area contributed by atoms with Crippen LogP contribution in [0.15, 0.2) is 168 Å². The van der Waals surface area contributed by atoms with E-state index in [1.54, 1.807) is 24.3 Å². The van der Waals surface area contributed by atoms with Gasteiger partial charge in [0.1, 0.15) is 11.2 Å². The topological polar surface area (TPSA) is 51.8 Å². The molecule has 2 heterocycles. The fourth-order valence-corrected chi connectivity index (χ4v) is 5.15. The van der Waals surface area contributed by atoms with E-state index in [4.69, 9.17) is 23.6 Å². The fraction of sp³-hybridized carbons (Fsp3) is 0. The second-order valence-electron chi connectivity index (χ2n) is 10.2. The summed E-state index contributed by atoms with van der Waals surface area (Å²) in [5.74, 6) is -1.12. The van der Waals surface area contributed by atoms with Crippen LogP contribution in [0.5, 0.6) is 0 Å². The highest BCUT2D eigenvalue weighted by molar-refractivity contribution is 6.12. The molecule has 220 valence electrons. The summed E-state index contributed by atoms with van der Waals surface area (Å²) in [6.07, 6.45) is 0. The molecule has 0 bridgehead atoms. The molecule has 0 amide bonds. The standard InChI is InChI=1S/C43H27N3O/c1-3-10-28(11-4-1)31-18-21-32(22-19-31)41-44-42(35-23-20-30-14-7-8-15-33(30)26-35)46-43(45-41)37-16-9-17-38-40(37)36-25-24-34(27-39(36)47-38)29-12-5-2-6-13-29/h1-27H/i1D,2D,3D,4D,5D,6D,9D,10D,11D,12D,16D,17D,18D,19D,21D,22D,24D,25D,27D. The van der Waals surface area contributed by atoms with Crippen LogP contribution >= 0.6 is 0 Å². The Morgan fingerprint density at radius 2 is 1.13 bits per heavy atom. The summed E-state index contributed by atoms with van der Waals surface area (Å²) in [5, 5.41) is 0.991. The van der Waals surface area contributed by atoms with Crippen molar-refractivity contribution in [1.82, 2.24) is 15.0 Å². The smallest absolute Gasteiger partial charge is 0.164 e. The molecule has 0 unspecified atom stereocenters. The SMILES string of the molecule is [2H]c1cc(-c2c([2H])c([2H])c3c(oc4c([2H])c([2H])c([2H])c(-c5nc(-c6ccc7ccccc7c6)nc(-c6c([2H])c([2H])c(-c7c([2H])c([2H])c([2H])c([2H])c7[2H])c([2H])c6[2H])n5)c43)c2[2H])c([2H])c([2H])c1[2H]. The van der Waals surface area contributed by atoms with Crippen molar-refractivity contribution in [3.63, 3.8) is 0 Å². The highest BCUT2D eigenvalue weighted by Crippen LogP contribution is 2.38. The molecule has 0 aliphatic heterocycles. The van der Waals surface area contributed by atoms with Gasteiger partial charge < -0.3 is 4.42 Å². The maximum Gasteiger partial charge on any atom is 0.164 e. The van der Waals surface area contributed by atoms with Crippen molar-refractivity contribution in [1.29, 1.82) is 0 Å². The molecule has 0 atom stereocenters. The number of fused-ring (bicyclic) bond motifs is 4. The number of benzene rings is 7. The number of nitrogens with zero attached hydrogens (tertiary/aromatic N) is 3. The maximum absolute atomic E-state index is 9.24. The van der Waals surface area contributed by atoms with Gasteiger partial charge in [-0.25, -0.2) is 15.0 Å². The van der Waals surface area contributed by atoms with E-state index < -0.39 is 154 Å². The first-order valence-electron chi connectivity index (χ1n) is 23.6. The van der Waals surface area contributed by atoms with E-state index in [1.165, 1.54) is 0 Å². The van der Waals surface area contributed by atoms with Crippen LogP contribution in [0.1, 0.15) is 26.0 Å². The lowest BCUT2D eigenvalue weighted by molar-refractivity contribution is 0.669. The Morgan fingerprint density at radius 1 is 0.447 bits per heavy atom. The average molecular weight is 621 g/mol. The Kier molecular flexibility index (Phi) is 3.32. The summed E-state index contributed by atoms with van der Waals surface area (Å²) < 4.78 is 171. The summed E-state index contributed by atoms with van der Waals surface area (Å²) in [5.41, 5.74) is -3.28. The lowest BCUT2D eigenvalue weighted by Gasteiger charge is -2.10. The molecule has 0 spiro atoms. The lowest BCUT2D eigenvalue weighted by atomic mass is 10.0. The number of hydrogen-bond acceptors (Lipinski definition) is 4. The molecule has 0 saturated carbocycles. The monoisotopic (exact) mass is 620 g/mol. The van der Waals surface area contributed by atoms with Crippen molar-refractivity contribution in [2.24, 2.45) is 0 Å². The minimum absolute atomic E-state index is 0.150. The van der Waals surface area contributed by atoms with Crippen molar-refractivity contribution in [3.8, 4) is 56.4 Å². The Bertz CT molecular complexity index is 3610. The van der Waals surface area contributed by atoms with Crippen molar-refractivity contribution >= 4 is 32.7 Å². The number of hydrogen-bond donors (Lipinski definition) is 0. The molecule has 0 aliphatic rings. The molecule has 0 aliphatic carbocycles. The van der Waals surface area contributed by atoms with Crippen LogP contribution in [0.2, 0.25) is 0 Å². The zero-order valence-corrected chi connectivity index (χ0v) is 23.9. The molecule has 2 aromatic heterocycles. The second kappa shape index (κ2) is 11.2. The van der Waals surface area contributed by atoms with E-state index in [0.29, 0.717) is 5.56 Å². The first kappa shape index (κ1) is 13.9. The van der Waals surface area contributed by atoms with Gasteiger partial charge in [0.25, 0.3) is 0 Å². The van der Waals surface area contributed by atoms with E-state index in [2.05, 4.69) is 15.0 Å². The van der Waals surface area contributed by atoms with Crippen LogP contribution < -0.4 is 0 Å². The molecule has 7 aromatic carbocycles. The zero-order chi connectivity index (χ0) is 47.7. The summed E-state index contributed by atoms with van der Waals surface area (Å²) in [6.45, 7) is 0. The van der Waals surface area contributed by atoms with Crippen molar-refractivity contribution in [2.45, 2.75) is 0 Å². The largest absolute Gasteiger partial charge is 0.456 e. The van der Waals surface area contributed by atoms with Gasteiger partial charge in [-0.2, -0.15) is 0 Å². The molecule has 4 heteroatoms. The van der Waals surface area contributed by atoms with Crippen LogP contribution in [0.4, 0.5) is 0 Å². The third-order valence-corrected chi connectivity index (χ3v) is 7.36. The van der Waals surface area contributed by atoms with Crippen LogP contribution in [-0.4, -0.2) is 15.0 Å². The van der Waals surface area contributed by atoms with Gasteiger partial charge in [-0.15, -0.1) is 0 Å². The van der Waals surface area contributed by atoms with E-state index in [1.807, 2.05) is 18.2 Å². The average Bonchev–Trinajstić information content (AvgIpc) is 3.71. The van der Waals surface area contributed by atoms with E-state index >= 15 is 0 Å². The van der Waals surface area contributed by atoms with E-state index in [-0.39, 0.29) is 33.3 Å². The second-order valence-corrected chi connectivity index (χ2v) is 10.2. The Labute approximate surface area is 298 Å². The Hall–Kier alpha value is -6.39. The molecule has 0 fully saturated rings. The van der Waals surface area contributed by atoms with Gasteiger partial charge in [-0.3, -0.25) is 0 Å². The fourth-order valence-electron chi connectivity index (χ4n) is 5.15. The minimum atomic E-state index is -0.806. The van der Waals surface area contributed by atoms with Crippen LogP contribution in [0.25, 0.3) is 89.1 Å². The maximum atomic E-state index is 9.24. The first-order chi connectivity index (χ1) is 31.2. The van der Waals surface area contributed by atoms with Gasteiger partial charge in [0.15, 0.2) is 17.5 Å². The molecule has 0 radical (unpaired) electrons. The minimum Gasteiger partial charge on any atom is -0.456 e. The molecular formula is C43H27N3O. The molecule has 0 saturated heterocycles.